The van der Waals surface area contributed by atoms with Gasteiger partial charge in [-0.25, -0.2) is 4.39 Å². The molecule has 0 saturated heterocycles. The van der Waals surface area contributed by atoms with Crippen LogP contribution < -0.4 is 0 Å². The summed E-state index contributed by atoms with van der Waals surface area (Å²) in [5, 5.41) is 1.92. The van der Waals surface area contributed by atoms with Crippen molar-refractivity contribution < 1.29 is 9.18 Å². The molecule has 1 amide bonds. The van der Waals surface area contributed by atoms with Crippen molar-refractivity contribution in [3.05, 3.63) is 106 Å². The van der Waals surface area contributed by atoms with Crippen molar-refractivity contribution in [2.45, 2.75) is 49.6 Å². The molecule has 196 valence electrons. The second kappa shape index (κ2) is 9.55. The topological polar surface area (TPSA) is 39.3 Å². The highest BCUT2D eigenvalue weighted by molar-refractivity contribution is 6.30. The molecule has 38 heavy (non-hydrogen) atoms. The third-order valence-corrected chi connectivity index (χ3v) is 9.33. The molecule has 0 radical (unpaired) electrons. The highest BCUT2D eigenvalue weighted by Gasteiger charge is 2.52. The van der Waals surface area contributed by atoms with Gasteiger partial charge in [0, 0.05) is 33.7 Å². The number of carbonyl (C=O) groups excluding carboxylic acids is 1. The van der Waals surface area contributed by atoms with Crippen LogP contribution in [0.3, 0.4) is 0 Å². The first-order chi connectivity index (χ1) is 18.3. The lowest BCUT2D eigenvalue weighted by Gasteiger charge is -2.55. The molecule has 1 aromatic heterocycles. The van der Waals surface area contributed by atoms with E-state index in [9.17, 15) is 9.18 Å². The average molecular weight is 530 g/mol. The van der Waals surface area contributed by atoms with Gasteiger partial charge in [-0.2, -0.15) is 0 Å². The molecule has 6 rings (SSSR count). The zero-order valence-corrected chi connectivity index (χ0v) is 22.7. The maximum atomic E-state index is 14.3. The van der Waals surface area contributed by atoms with E-state index in [-0.39, 0.29) is 17.3 Å². The Hall–Kier alpha value is -3.15. The number of nitrogens with zero attached hydrogens (tertiary/aromatic N) is 2. The molecule has 2 aliphatic rings. The Morgan fingerprint density at radius 3 is 2.45 bits per heavy atom. The Morgan fingerprint density at radius 2 is 1.74 bits per heavy atom. The number of aromatic amines is 1. The number of hydrogen-bond donors (Lipinski definition) is 1. The fourth-order valence-electron chi connectivity index (χ4n) is 7.03. The van der Waals surface area contributed by atoms with Crippen LogP contribution in [-0.4, -0.2) is 41.3 Å². The van der Waals surface area contributed by atoms with Gasteiger partial charge in [0.05, 0.1) is 12.0 Å². The van der Waals surface area contributed by atoms with E-state index >= 15 is 0 Å². The predicted octanol–water partition coefficient (Wildman–Crippen LogP) is 6.81. The van der Waals surface area contributed by atoms with E-state index in [2.05, 4.69) is 53.1 Å². The summed E-state index contributed by atoms with van der Waals surface area (Å²) in [4.78, 5) is 22.1. The van der Waals surface area contributed by atoms with Crippen molar-refractivity contribution in [2.75, 3.05) is 20.6 Å². The molecule has 1 aliphatic carbocycles. The number of halogens is 2. The fraction of sp³-hybridized carbons (Fsp3) is 0.344. The van der Waals surface area contributed by atoms with Gasteiger partial charge in [0.2, 0.25) is 5.91 Å². The van der Waals surface area contributed by atoms with Crippen molar-refractivity contribution in [1.82, 2.24) is 14.8 Å². The molecule has 1 spiro atoms. The largest absolute Gasteiger partial charge is 0.356 e. The summed E-state index contributed by atoms with van der Waals surface area (Å²) in [5.41, 5.74) is 4.89. The van der Waals surface area contributed by atoms with Crippen LogP contribution in [0.15, 0.2) is 72.8 Å². The minimum atomic E-state index is -0.428. The smallest absolute Gasteiger partial charge is 0.227 e. The number of H-pyrrole nitrogens is 1. The van der Waals surface area contributed by atoms with Gasteiger partial charge < -0.3 is 9.88 Å². The van der Waals surface area contributed by atoms with Gasteiger partial charge in [0.15, 0.2) is 0 Å². The monoisotopic (exact) mass is 529 g/mol. The van der Waals surface area contributed by atoms with Gasteiger partial charge >= 0.3 is 0 Å². The average Bonchev–Trinajstić information content (AvgIpc) is 3.30. The van der Waals surface area contributed by atoms with Crippen LogP contribution >= 0.6 is 11.6 Å². The summed E-state index contributed by atoms with van der Waals surface area (Å²) >= 11 is 6.09. The summed E-state index contributed by atoms with van der Waals surface area (Å²) in [7, 11) is 4.17. The lowest BCUT2D eigenvalue weighted by Crippen LogP contribution is -2.58. The van der Waals surface area contributed by atoms with Gasteiger partial charge in [0.25, 0.3) is 0 Å². The summed E-state index contributed by atoms with van der Waals surface area (Å²) in [6.07, 6.45) is 4.42. The first kappa shape index (κ1) is 25.1. The van der Waals surface area contributed by atoms with E-state index in [0.29, 0.717) is 18.0 Å². The number of hydrogen-bond acceptors (Lipinski definition) is 2. The number of carbonyl (C=O) groups is 1. The van der Waals surface area contributed by atoms with Crippen molar-refractivity contribution in [3.8, 4) is 0 Å². The Labute approximate surface area is 228 Å². The molecule has 3 aromatic carbocycles. The molecule has 1 saturated carbocycles. The van der Waals surface area contributed by atoms with Crippen molar-refractivity contribution in [3.63, 3.8) is 0 Å². The number of rotatable bonds is 4. The molecule has 1 aliphatic heterocycles. The normalized spacial score (nSPS) is 23.2. The van der Waals surface area contributed by atoms with E-state index in [0.717, 1.165) is 48.7 Å². The third kappa shape index (κ3) is 4.04. The van der Waals surface area contributed by atoms with Crippen LogP contribution in [0, 0.1) is 5.82 Å². The molecule has 0 unspecified atom stereocenters. The second-order valence-electron chi connectivity index (χ2n) is 11.1. The predicted molar refractivity (Wildman–Crippen MR) is 151 cm³/mol. The minimum Gasteiger partial charge on any atom is -0.356 e. The first-order valence-corrected chi connectivity index (χ1v) is 13.8. The number of fused-ring (bicyclic) bond motifs is 4. The van der Waals surface area contributed by atoms with E-state index in [1.807, 2.05) is 30.3 Å². The molecule has 1 N–H and O–H groups in total. The number of aromatic nitrogens is 1. The van der Waals surface area contributed by atoms with Crippen LogP contribution in [0.5, 0.6) is 0 Å². The SMILES string of the molecule is CN(C)[C@]1(c2cccc(F)c2)CC[C@]2(CC1)c1[nH]c3ccccc3c1CCN2C(=O)Cc1ccc(Cl)cc1. The van der Waals surface area contributed by atoms with Gasteiger partial charge in [-0.1, -0.05) is 54.1 Å². The van der Waals surface area contributed by atoms with Gasteiger partial charge in [0.1, 0.15) is 5.82 Å². The molecular formula is C32H33ClFN3O. The van der Waals surface area contributed by atoms with Crippen LogP contribution in [0.25, 0.3) is 10.9 Å². The quantitative estimate of drug-likeness (QED) is 0.315. The van der Waals surface area contributed by atoms with Crippen LogP contribution in [0.1, 0.15) is 48.1 Å². The molecule has 1 fully saturated rings. The molecule has 6 heteroatoms. The molecule has 2 heterocycles. The summed E-state index contributed by atoms with van der Waals surface area (Å²) in [6, 6.07) is 23.0. The maximum absolute atomic E-state index is 14.3. The highest BCUT2D eigenvalue weighted by atomic mass is 35.5. The highest BCUT2D eigenvalue weighted by Crippen LogP contribution is 2.53. The van der Waals surface area contributed by atoms with Gasteiger partial charge in [-0.3, -0.25) is 9.69 Å². The lowest BCUT2D eigenvalue weighted by molar-refractivity contribution is -0.142. The minimum absolute atomic E-state index is 0.139. The van der Waals surface area contributed by atoms with Crippen LogP contribution in [0.2, 0.25) is 5.02 Å². The molecule has 0 bridgehead atoms. The van der Waals surface area contributed by atoms with Crippen molar-refractivity contribution in [1.29, 1.82) is 0 Å². The van der Waals surface area contributed by atoms with Crippen molar-refractivity contribution >= 4 is 28.4 Å². The zero-order valence-electron chi connectivity index (χ0n) is 21.9. The fourth-order valence-corrected chi connectivity index (χ4v) is 7.16. The molecule has 4 nitrogen and oxygen atoms in total. The Morgan fingerprint density at radius 1 is 1.00 bits per heavy atom. The molecule has 0 atom stereocenters. The first-order valence-electron chi connectivity index (χ1n) is 13.4. The molecule has 4 aromatic rings. The number of nitrogens with one attached hydrogen (secondary N) is 1. The lowest BCUT2D eigenvalue weighted by atomic mass is 9.65. The third-order valence-electron chi connectivity index (χ3n) is 9.07. The Bertz CT molecular complexity index is 1480. The van der Waals surface area contributed by atoms with E-state index in [1.165, 1.54) is 22.7 Å². The number of benzene rings is 3. The van der Waals surface area contributed by atoms with E-state index in [1.54, 1.807) is 12.1 Å². The van der Waals surface area contributed by atoms with E-state index < -0.39 is 5.54 Å². The standard InChI is InChI=1S/C32H33ClFN3O/c1-36(2)31(23-6-5-7-25(34)21-23)15-17-32(18-16-31)30-27(26-8-3-4-9-28(26)35-30)14-19-37(32)29(38)20-22-10-12-24(33)13-11-22/h3-13,21,35H,14-20H2,1-2H3/t31-,32+. The van der Waals surface area contributed by atoms with Crippen LogP contribution in [0.4, 0.5) is 4.39 Å². The summed E-state index contributed by atoms with van der Waals surface area (Å²) in [5.74, 6) is -0.0703. The Kier molecular flexibility index (Phi) is 6.32. The summed E-state index contributed by atoms with van der Waals surface area (Å²) < 4.78 is 14.3. The van der Waals surface area contributed by atoms with Gasteiger partial charge in [-0.15, -0.1) is 0 Å². The maximum Gasteiger partial charge on any atom is 0.227 e. The zero-order chi connectivity index (χ0) is 26.5. The molecular weight excluding hydrogens is 497 g/mol. The van der Waals surface area contributed by atoms with E-state index in [4.69, 9.17) is 11.6 Å². The second-order valence-corrected chi connectivity index (χ2v) is 11.5. The van der Waals surface area contributed by atoms with Crippen molar-refractivity contribution in [2.24, 2.45) is 0 Å². The van der Waals surface area contributed by atoms with Crippen LogP contribution in [-0.2, 0) is 28.7 Å². The number of amides is 1. The summed E-state index contributed by atoms with van der Waals surface area (Å²) in [6.45, 7) is 0.691. The van der Waals surface area contributed by atoms with Gasteiger partial charge in [-0.05, 0) is 93.2 Å². The Balaban J connectivity index is 1.41. The number of para-hydroxylation sites is 1.